The zero-order chi connectivity index (χ0) is 11.8. The van der Waals surface area contributed by atoms with Crippen molar-refractivity contribution >= 4 is 27.8 Å². The van der Waals surface area contributed by atoms with Gasteiger partial charge < -0.3 is 5.73 Å². The first-order valence-electron chi connectivity index (χ1n) is 5.58. The lowest BCUT2D eigenvalue weighted by molar-refractivity contribution is 0.260. The molecule has 2 N–H and O–H groups in total. The SMILES string of the molecule is Cc1nnc(C2CC(Cc3nnc(N)s3)C2)s1. The van der Waals surface area contributed by atoms with E-state index < -0.39 is 0 Å². The summed E-state index contributed by atoms with van der Waals surface area (Å²) in [6.07, 6.45) is 3.38. The second kappa shape index (κ2) is 4.30. The molecule has 2 aromatic rings. The molecule has 1 aliphatic carbocycles. The zero-order valence-corrected chi connectivity index (χ0v) is 11.1. The van der Waals surface area contributed by atoms with Gasteiger partial charge in [-0.3, -0.25) is 0 Å². The van der Waals surface area contributed by atoms with Gasteiger partial charge in [0.15, 0.2) is 0 Å². The molecule has 0 bridgehead atoms. The van der Waals surface area contributed by atoms with Gasteiger partial charge in [0.2, 0.25) is 5.13 Å². The molecule has 90 valence electrons. The average molecular weight is 267 g/mol. The van der Waals surface area contributed by atoms with Crippen LogP contribution in [0.25, 0.3) is 0 Å². The molecule has 0 unspecified atom stereocenters. The Bertz CT molecular complexity index is 514. The summed E-state index contributed by atoms with van der Waals surface area (Å²) >= 11 is 3.21. The molecule has 0 spiro atoms. The van der Waals surface area contributed by atoms with E-state index in [1.54, 1.807) is 11.3 Å². The van der Waals surface area contributed by atoms with Gasteiger partial charge in [0.1, 0.15) is 15.0 Å². The van der Waals surface area contributed by atoms with E-state index in [0.29, 0.717) is 17.0 Å². The molecular weight excluding hydrogens is 254 g/mol. The van der Waals surface area contributed by atoms with Gasteiger partial charge >= 0.3 is 0 Å². The van der Waals surface area contributed by atoms with Gasteiger partial charge in [-0.25, -0.2) is 0 Å². The Morgan fingerprint density at radius 2 is 2.00 bits per heavy atom. The van der Waals surface area contributed by atoms with Crippen LogP contribution in [-0.4, -0.2) is 20.4 Å². The van der Waals surface area contributed by atoms with Crippen LogP contribution in [0.3, 0.4) is 0 Å². The average Bonchev–Trinajstić information content (AvgIpc) is 2.81. The number of hydrogen-bond donors (Lipinski definition) is 1. The van der Waals surface area contributed by atoms with Crippen LogP contribution >= 0.6 is 22.7 Å². The van der Waals surface area contributed by atoms with Crippen LogP contribution in [0.2, 0.25) is 0 Å². The van der Waals surface area contributed by atoms with Crippen LogP contribution in [0.4, 0.5) is 5.13 Å². The fourth-order valence-electron chi connectivity index (χ4n) is 2.18. The first-order chi connectivity index (χ1) is 8.20. The minimum Gasteiger partial charge on any atom is -0.374 e. The van der Waals surface area contributed by atoms with E-state index in [-0.39, 0.29) is 0 Å². The molecule has 1 aliphatic rings. The smallest absolute Gasteiger partial charge is 0.203 e. The first-order valence-corrected chi connectivity index (χ1v) is 7.22. The third kappa shape index (κ3) is 2.30. The molecule has 1 fully saturated rings. The third-order valence-electron chi connectivity index (χ3n) is 3.07. The largest absolute Gasteiger partial charge is 0.374 e. The number of rotatable bonds is 3. The highest BCUT2D eigenvalue weighted by molar-refractivity contribution is 7.15. The summed E-state index contributed by atoms with van der Waals surface area (Å²) in [4.78, 5) is 0. The normalized spacial score (nSPS) is 23.6. The quantitative estimate of drug-likeness (QED) is 0.920. The Labute approximate surface area is 107 Å². The Kier molecular flexibility index (Phi) is 2.79. The van der Waals surface area contributed by atoms with Crippen molar-refractivity contribution in [2.45, 2.75) is 32.1 Å². The van der Waals surface area contributed by atoms with E-state index in [2.05, 4.69) is 20.4 Å². The molecule has 1 saturated carbocycles. The predicted octanol–water partition coefficient (Wildman–Crippen LogP) is 2.02. The number of nitrogens with zero attached hydrogens (tertiary/aromatic N) is 4. The summed E-state index contributed by atoms with van der Waals surface area (Å²) < 4.78 is 0. The molecule has 7 heteroatoms. The summed E-state index contributed by atoms with van der Waals surface area (Å²) in [7, 11) is 0. The highest BCUT2D eigenvalue weighted by Crippen LogP contribution is 2.44. The Balaban J connectivity index is 1.55. The van der Waals surface area contributed by atoms with Crippen molar-refractivity contribution in [1.29, 1.82) is 0 Å². The number of nitrogens with two attached hydrogens (primary N) is 1. The van der Waals surface area contributed by atoms with Gasteiger partial charge in [0.05, 0.1) is 0 Å². The van der Waals surface area contributed by atoms with E-state index in [1.165, 1.54) is 29.2 Å². The van der Waals surface area contributed by atoms with E-state index in [0.717, 1.165) is 16.4 Å². The summed E-state index contributed by atoms with van der Waals surface area (Å²) in [6.45, 7) is 2.00. The Morgan fingerprint density at radius 3 is 2.59 bits per heavy atom. The van der Waals surface area contributed by atoms with Gasteiger partial charge in [-0.1, -0.05) is 11.3 Å². The van der Waals surface area contributed by atoms with E-state index in [9.17, 15) is 0 Å². The Hall–Kier alpha value is -1.08. The van der Waals surface area contributed by atoms with Gasteiger partial charge in [0, 0.05) is 12.3 Å². The maximum atomic E-state index is 5.56. The molecule has 0 aromatic carbocycles. The van der Waals surface area contributed by atoms with Crippen LogP contribution in [0.5, 0.6) is 0 Å². The van der Waals surface area contributed by atoms with Gasteiger partial charge in [0.25, 0.3) is 0 Å². The van der Waals surface area contributed by atoms with Crippen molar-refractivity contribution in [3.63, 3.8) is 0 Å². The van der Waals surface area contributed by atoms with Crippen molar-refractivity contribution in [2.75, 3.05) is 5.73 Å². The second-order valence-corrected chi connectivity index (χ2v) is 6.74. The lowest BCUT2D eigenvalue weighted by Crippen LogP contribution is -2.23. The van der Waals surface area contributed by atoms with Crippen LogP contribution < -0.4 is 5.73 Å². The second-order valence-electron chi connectivity index (χ2n) is 4.43. The first kappa shape index (κ1) is 11.0. The number of aromatic nitrogens is 4. The molecule has 17 heavy (non-hydrogen) atoms. The van der Waals surface area contributed by atoms with E-state index in [1.807, 2.05) is 6.92 Å². The molecule has 5 nitrogen and oxygen atoms in total. The number of aryl methyl sites for hydroxylation is 1. The predicted molar refractivity (Wildman–Crippen MR) is 68.1 cm³/mol. The van der Waals surface area contributed by atoms with Crippen LogP contribution in [0, 0.1) is 12.8 Å². The minimum absolute atomic E-state index is 0.565. The maximum absolute atomic E-state index is 5.56. The van der Waals surface area contributed by atoms with E-state index >= 15 is 0 Å². The molecule has 0 amide bonds. The highest BCUT2D eigenvalue weighted by atomic mass is 32.1. The lowest BCUT2D eigenvalue weighted by atomic mass is 9.74. The fourth-order valence-corrected chi connectivity index (χ4v) is 3.73. The standard InChI is InChI=1S/C10H13N5S2/c1-5-12-14-9(16-5)7-2-6(3-7)4-8-13-15-10(11)17-8/h6-7H,2-4H2,1H3,(H2,11,15). The summed E-state index contributed by atoms with van der Waals surface area (Å²) in [6, 6.07) is 0. The van der Waals surface area contributed by atoms with Crippen molar-refractivity contribution < 1.29 is 0 Å². The zero-order valence-electron chi connectivity index (χ0n) is 9.46. The molecule has 2 aromatic heterocycles. The van der Waals surface area contributed by atoms with Crippen molar-refractivity contribution in [1.82, 2.24) is 20.4 Å². The molecule has 0 aliphatic heterocycles. The lowest BCUT2D eigenvalue weighted by Gasteiger charge is -2.32. The molecule has 0 atom stereocenters. The molecular formula is C10H13N5S2. The summed E-state index contributed by atoms with van der Waals surface area (Å²) in [5, 5.41) is 20.0. The molecule has 2 heterocycles. The highest BCUT2D eigenvalue weighted by Gasteiger charge is 2.33. The van der Waals surface area contributed by atoms with Crippen LogP contribution in [0.15, 0.2) is 0 Å². The maximum Gasteiger partial charge on any atom is 0.203 e. The summed E-state index contributed by atoms with van der Waals surface area (Å²) in [5.41, 5.74) is 5.56. The summed E-state index contributed by atoms with van der Waals surface area (Å²) in [5.74, 6) is 1.31. The number of hydrogen-bond acceptors (Lipinski definition) is 7. The molecule has 0 saturated heterocycles. The topological polar surface area (TPSA) is 77.6 Å². The van der Waals surface area contributed by atoms with Gasteiger partial charge in [-0.05, 0) is 25.7 Å². The van der Waals surface area contributed by atoms with Crippen molar-refractivity contribution in [3.8, 4) is 0 Å². The molecule has 3 rings (SSSR count). The van der Waals surface area contributed by atoms with Crippen LogP contribution in [0.1, 0.15) is 33.8 Å². The van der Waals surface area contributed by atoms with E-state index in [4.69, 9.17) is 5.73 Å². The van der Waals surface area contributed by atoms with Crippen molar-refractivity contribution in [3.05, 3.63) is 15.0 Å². The third-order valence-corrected chi connectivity index (χ3v) is 4.85. The monoisotopic (exact) mass is 267 g/mol. The molecule has 0 radical (unpaired) electrons. The van der Waals surface area contributed by atoms with Gasteiger partial charge in [-0.15, -0.1) is 31.7 Å². The Morgan fingerprint density at radius 1 is 1.18 bits per heavy atom. The van der Waals surface area contributed by atoms with Gasteiger partial charge in [-0.2, -0.15) is 0 Å². The van der Waals surface area contributed by atoms with Crippen molar-refractivity contribution in [2.24, 2.45) is 5.92 Å². The number of nitrogen functional groups attached to an aromatic ring is 1. The number of anilines is 1. The fraction of sp³-hybridized carbons (Fsp3) is 0.600. The van der Waals surface area contributed by atoms with Crippen LogP contribution in [-0.2, 0) is 6.42 Å². The minimum atomic E-state index is 0.565.